The molecule has 0 spiro atoms. The summed E-state index contributed by atoms with van der Waals surface area (Å²) >= 11 is 0. The van der Waals surface area contributed by atoms with Gasteiger partial charge in [0.15, 0.2) is 11.5 Å². The lowest BCUT2D eigenvalue weighted by Gasteiger charge is -2.15. The zero-order valence-electron chi connectivity index (χ0n) is 10.7. The average Bonchev–Trinajstić information content (AvgIpc) is 2.18. The summed E-state index contributed by atoms with van der Waals surface area (Å²) in [4.78, 5) is 0. The minimum atomic E-state index is -0.925. The number of hydrogen-bond donors (Lipinski definition) is 1. The minimum absolute atomic E-state index is 0.219. The molecule has 0 atom stereocenters. The normalized spacial score (nSPS) is 11.5. The molecule has 0 radical (unpaired) electrons. The standard InChI is InChI=1S/C13H22O2Si/c1-15-13-10-11(7-8-12(13)14)6-5-9-16(2,3)4/h7-8,10,14H,5-6,9H2,1-4H3. The zero-order valence-corrected chi connectivity index (χ0v) is 11.7. The van der Waals surface area contributed by atoms with E-state index >= 15 is 0 Å². The Hall–Kier alpha value is -0.963. The van der Waals surface area contributed by atoms with Gasteiger partial charge in [-0.05, 0) is 24.1 Å². The van der Waals surface area contributed by atoms with E-state index in [0.717, 1.165) is 6.42 Å². The van der Waals surface area contributed by atoms with Crippen molar-refractivity contribution in [3.05, 3.63) is 23.8 Å². The third-order valence-corrected chi connectivity index (χ3v) is 4.49. The maximum atomic E-state index is 9.47. The van der Waals surface area contributed by atoms with E-state index < -0.39 is 8.07 Å². The van der Waals surface area contributed by atoms with Gasteiger partial charge in [0.25, 0.3) is 0 Å². The van der Waals surface area contributed by atoms with Crippen LogP contribution >= 0.6 is 0 Å². The van der Waals surface area contributed by atoms with Gasteiger partial charge >= 0.3 is 0 Å². The van der Waals surface area contributed by atoms with Crippen LogP contribution in [0.25, 0.3) is 0 Å². The molecule has 1 aromatic rings. The molecular formula is C13H22O2Si. The molecule has 1 N–H and O–H groups in total. The van der Waals surface area contributed by atoms with Gasteiger partial charge in [-0.25, -0.2) is 0 Å². The van der Waals surface area contributed by atoms with Crippen LogP contribution in [0.5, 0.6) is 11.5 Å². The zero-order chi connectivity index (χ0) is 12.2. The van der Waals surface area contributed by atoms with E-state index in [2.05, 4.69) is 19.6 Å². The molecule has 0 aliphatic rings. The molecule has 3 heteroatoms. The van der Waals surface area contributed by atoms with Gasteiger partial charge in [-0.15, -0.1) is 0 Å². The van der Waals surface area contributed by atoms with Gasteiger partial charge < -0.3 is 9.84 Å². The number of phenols is 1. The maximum Gasteiger partial charge on any atom is 0.160 e. The van der Waals surface area contributed by atoms with Crippen LogP contribution in [0.3, 0.4) is 0 Å². The number of benzene rings is 1. The number of phenolic OH excluding ortho intramolecular Hbond substituents is 1. The summed E-state index contributed by atoms with van der Waals surface area (Å²) in [6.45, 7) is 7.18. The van der Waals surface area contributed by atoms with E-state index in [-0.39, 0.29) is 5.75 Å². The Morgan fingerprint density at radius 2 is 1.94 bits per heavy atom. The Kier molecular flexibility index (Phi) is 4.41. The molecule has 0 saturated heterocycles. The minimum Gasteiger partial charge on any atom is -0.504 e. The Labute approximate surface area is 99.3 Å². The van der Waals surface area contributed by atoms with Crippen LogP contribution in [0.15, 0.2) is 18.2 Å². The molecule has 0 unspecified atom stereocenters. The molecule has 2 nitrogen and oxygen atoms in total. The van der Waals surface area contributed by atoms with Crippen LogP contribution in [-0.2, 0) is 6.42 Å². The third-order valence-electron chi connectivity index (χ3n) is 2.64. The lowest BCUT2D eigenvalue weighted by molar-refractivity contribution is 0.373. The Morgan fingerprint density at radius 1 is 1.25 bits per heavy atom. The van der Waals surface area contributed by atoms with Gasteiger partial charge in [0.1, 0.15) is 0 Å². The van der Waals surface area contributed by atoms with E-state index in [4.69, 9.17) is 4.74 Å². The van der Waals surface area contributed by atoms with Crippen LogP contribution < -0.4 is 4.74 Å². The number of rotatable bonds is 5. The van der Waals surface area contributed by atoms with Crippen molar-refractivity contribution in [2.75, 3.05) is 7.11 Å². The largest absolute Gasteiger partial charge is 0.504 e. The quantitative estimate of drug-likeness (QED) is 0.793. The molecule has 0 bridgehead atoms. The fourth-order valence-corrected chi connectivity index (χ4v) is 2.94. The van der Waals surface area contributed by atoms with Gasteiger partial charge in [0.05, 0.1) is 7.11 Å². The SMILES string of the molecule is COc1cc(CCC[Si](C)(C)C)ccc1O. The monoisotopic (exact) mass is 238 g/mol. The van der Waals surface area contributed by atoms with Crippen molar-refractivity contribution in [3.8, 4) is 11.5 Å². The molecule has 0 amide bonds. The molecule has 0 heterocycles. The number of methoxy groups -OCH3 is 1. The van der Waals surface area contributed by atoms with Gasteiger partial charge in [0, 0.05) is 8.07 Å². The number of ether oxygens (including phenoxy) is 1. The van der Waals surface area contributed by atoms with Crippen LogP contribution in [0.2, 0.25) is 25.7 Å². The van der Waals surface area contributed by atoms with E-state index in [1.165, 1.54) is 18.0 Å². The number of aromatic hydroxyl groups is 1. The van der Waals surface area contributed by atoms with Crippen molar-refractivity contribution in [2.24, 2.45) is 0 Å². The highest BCUT2D eigenvalue weighted by Gasteiger charge is 2.12. The molecule has 16 heavy (non-hydrogen) atoms. The fourth-order valence-electron chi connectivity index (χ4n) is 1.70. The highest BCUT2D eigenvalue weighted by Crippen LogP contribution is 2.27. The Bertz CT molecular complexity index is 342. The second kappa shape index (κ2) is 5.39. The molecule has 90 valence electrons. The summed E-state index contributed by atoms with van der Waals surface area (Å²) in [5.74, 6) is 0.793. The lowest BCUT2D eigenvalue weighted by atomic mass is 10.1. The van der Waals surface area contributed by atoms with Crippen molar-refractivity contribution in [1.29, 1.82) is 0 Å². The van der Waals surface area contributed by atoms with Gasteiger partial charge in [-0.3, -0.25) is 0 Å². The van der Waals surface area contributed by atoms with Gasteiger partial charge in [-0.2, -0.15) is 0 Å². The van der Waals surface area contributed by atoms with Gasteiger partial charge in [0.2, 0.25) is 0 Å². The molecule has 1 rings (SSSR count). The van der Waals surface area contributed by atoms with E-state index in [9.17, 15) is 5.11 Å². The lowest BCUT2D eigenvalue weighted by Crippen LogP contribution is -2.18. The molecule has 0 saturated carbocycles. The van der Waals surface area contributed by atoms with Crippen LogP contribution in [0, 0.1) is 0 Å². The first-order chi connectivity index (χ1) is 7.42. The van der Waals surface area contributed by atoms with Crippen LogP contribution in [-0.4, -0.2) is 20.3 Å². The van der Waals surface area contributed by atoms with E-state index in [1.54, 1.807) is 13.2 Å². The number of hydrogen-bond acceptors (Lipinski definition) is 2. The summed E-state index contributed by atoms with van der Waals surface area (Å²) in [7, 11) is 0.660. The summed E-state index contributed by atoms with van der Waals surface area (Å²) in [5.41, 5.74) is 1.24. The predicted octanol–water partition coefficient (Wildman–Crippen LogP) is 3.67. The average molecular weight is 238 g/mol. The van der Waals surface area contributed by atoms with Crippen molar-refractivity contribution < 1.29 is 9.84 Å². The molecule has 0 aromatic heterocycles. The van der Waals surface area contributed by atoms with Crippen LogP contribution in [0.4, 0.5) is 0 Å². The summed E-state index contributed by atoms with van der Waals surface area (Å²) < 4.78 is 5.09. The highest BCUT2D eigenvalue weighted by atomic mass is 28.3. The van der Waals surface area contributed by atoms with Crippen molar-refractivity contribution >= 4 is 8.07 Å². The molecule has 0 fully saturated rings. The predicted molar refractivity (Wildman–Crippen MR) is 71.1 cm³/mol. The molecule has 0 aliphatic heterocycles. The third kappa shape index (κ3) is 4.27. The van der Waals surface area contributed by atoms with Crippen molar-refractivity contribution in [1.82, 2.24) is 0 Å². The first kappa shape index (κ1) is 13.1. The van der Waals surface area contributed by atoms with Crippen LogP contribution in [0.1, 0.15) is 12.0 Å². The smallest absolute Gasteiger partial charge is 0.160 e. The van der Waals surface area contributed by atoms with Gasteiger partial charge in [-0.1, -0.05) is 38.2 Å². The first-order valence-corrected chi connectivity index (χ1v) is 9.49. The Morgan fingerprint density at radius 3 is 2.50 bits per heavy atom. The second-order valence-corrected chi connectivity index (χ2v) is 11.0. The Balaban J connectivity index is 2.55. The summed E-state index contributed by atoms with van der Waals surface area (Å²) in [6.07, 6.45) is 2.30. The van der Waals surface area contributed by atoms with Crippen molar-refractivity contribution in [3.63, 3.8) is 0 Å². The number of aryl methyl sites for hydroxylation is 1. The van der Waals surface area contributed by atoms with E-state index in [0.29, 0.717) is 5.75 Å². The summed E-state index contributed by atoms with van der Waals surface area (Å²) in [5, 5.41) is 9.47. The highest BCUT2D eigenvalue weighted by molar-refractivity contribution is 6.76. The maximum absolute atomic E-state index is 9.47. The summed E-state index contributed by atoms with van der Waals surface area (Å²) in [6, 6.07) is 6.96. The second-order valence-electron chi connectivity index (χ2n) is 5.42. The molecular weight excluding hydrogens is 216 g/mol. The van der Waals surface area contributed by atoms with Crippen molar-refractivity contribution in [2.45, 2.75) is 38.5 Å². The fraction of sp³-hybridized carbons (Fsp3) is 0.538. The first-order valence-electron chi connectivity index (χ1n) is 5.78. The molecule has 1 aromatic carbocycles. The van der Waals surface area contributed by atoms with E-state index in [1.807, 2.05) is 12.1 Å². The molecule has 0 aliphatic carbocycles. The topological polar surface area (TPSA) is 29.5 Å².